The smallest absolute Gasteiger partial charge is 0.253 e. The maximum absolute atomic E-state index is 13.9. The molecule has 0 radical (unpaired) electrons. The summed E-state index contributed by atoms with van der Waals surface area (Å²) in [6, 6.07) is 8.31. The fraction of sp³-hybridized carbons (Fsp3) is 0.421. The zero-order chi connectivity index (χ0) is 18.3. The molecular formula is C19H19F4N3. The van der Waals surface area contributed by atoms with E-state index in [1.54, 1.807) is 0 Å². The molecule has 0 aliphatic carbocycles. The van der Waals surface area contributed by atoms with E-state index in [2.05, 4.69) is 22.0 Å². The van der Waals surface area contributed by atoms with Crippen LogP contribution in [-0.2, 0) is 6.42 Å². The minimum absolute atomic E-state index is 0.358. The first kappa shape index (κ1) is 17.1. The number of hydrogen-bond donors (Lipinski definition) is 0. The molecule has 1 saturated heterocycles. The molecule has 0 unspecified atom stereocenters. The molecule has 1 aromatic carbocycles. The number of nitrogens with zero attached hydrogens (tertiary/aromatic N) is 3. The summed E-state index contributed by atoms with van der Waals surface area (Å²) in [5.41, 5.74) is 1.96. The predicted molar refractivity (Wildman–Crippen MR) is 91.4 cm³/mol. The van der Waals surface area contributed by atoms with Crippen LogP contribution >= 0.6 is 0 Å². The van der Waals surface area contributed by atoms with Crippen molar-refractivity contribution < 1.29 is 17.6 Å². The molecule has 2 aliphatic heterocycles. The topological polar surface area (TPSA) is 19.4 Å². The molecule has 0 N–H and O–H groups in total. The summed E-state index contributed by atoms with van der Waals surface area (Å²) in [5.74, 6) is -5.67. The van der Waals surface area contributed by atoms with Gasteiger partial charge in [0.1, 0.15) is 5.69 Å². The Kier molecular flexibility index (Phi) is 4.46. The molecule has 7 heteroatoms. The van der Waals surface area contributed by atoms with E-state index in [-0.39, 0.29) is 0 Å². The van der Waals surface area contributed by atoms with Gasteiger partial charge in [-0.05, 0) is 36.8 Å². The third kappa shape index (κ3) is 2.99. The summed E-state index contributed by atoms with van der Waals surface area (Å²) in [6.45, 7) is 2.58. The standard InChI is InChI=1S/C19H19F4N3/c20-15-17(16(21)19(23)24-18(15)22)25-8-5-12(6-9-25)11-26-10-7-13-3-1-2-4-14(13)26/h1-4,12H,5-11H2. The van der Waals surface area contributed by atoms with Crippen molar-refractivity contribution in [3.8, 4) is 0 Å². The number of halogens is 4. The van der Waals surface area contributed by atoms with Gasteiger partial charge in [-0.2, -0.15) is 22.5 Å². The van der Waals surface area contributed by atoms with Crippen LogP contribution in [0.2, 0.25) is 0 Å². The van der Waals surface area contributed by atoms with Gasteiger partial charge in [-0.15, -0.1) is 0 Å². The van der Waals surface area contributed by atoms with E-state index in [9.17, 15) is 17.6 Å². The Labute approximate surface area is 149 Å². The molecular weight excluding hydrogens is 346 g/mol. The Bertz CT molecular complexity index is 792. The van der Waals surface area contributed by atoms with Crippen molar-refractivity contribution in [2.24, 2.45) is 5.92 Å². The van der Waals surface area contributed by atoms with Crippen LogP contribution in [0.15, 0.2) is 24.3 Å². The van der Waals surface area contributed by atoms with Crippen LogP contribution in [-0.4, -0.2) is 31.2 Å². The van der Waals surface area contributed by atoms with Crippen molar-refractivity contribution in [1.82, 2.24) is 4.98 Å². The summed E-state index contributed by atoms with van der Waals surface area (Å²) in [6.07, 6.45) is 2.45. The Morgan fingerprint density at radius 3 is 2.27 bits per heavy atom. The van der Waals surface area contributed by atoms with Crippen LogP contribution in [0, 0.1) is 29.4 Å². The number of benzene rings is 1. The van der Waals surface area contributed by atoms with Crippen molar-refractivity contribution in [1.29, 1.82) is 0 Å². The Morgan fingerprint density at radius 1 is 0.923 bits per heavy atom. The number of piperidine rings is 1. The second-order valence-electron chi connectivity index (χ2n) is 6.93. The molecule has 0 amide bonds. The molecule has 138 valence electrons. The lowest BCUT2D eigenvalue weighted by Gasteiger charge is -2.36. The van der Waals surface area contributed by atoms with E-state index in [0.717, 1.165) is 19.5 Å². The lowest BCUT2D eigenvalue weighted by molar-refractivity contribution is 0.379. The van der Waals surface area contributed by atoms with Gasteiger partial charge in [0.25, 0.3) is 11.9 Å². The number of fused-ring (bicyclic) bond motifs is 1. The SMILES string of the molecule is Fc1nc(F)c(F)c(N2CCC(CN3CCc4ccccc43)CC2)c1F. The van der Waals surface area contributed by atoms with E-state index in [4.69, 9.17) is 0 Å². The number of hydrogen-bond acceptors (Lipinski definition) is 3. The molecule has 2 aliphatic rings. The van der Waals surface area contributed by atoms with E-state index in [1.165, 1.54) is 16.2 Å². The van der Waals surface area contributed by atoms with E-state index in [0.29, 0.717) is 31.8 Å². The van der Waals surface area contributed by atoms with Gasteiger partial charge in [-0.3, -0.25) is 0 Å². The van der Waals surface area contributed by atoms with Crippen LogP contribution in [0.5, 0.6) is 0 Å². The summed E-state index contributed by atoms with van der Waals surface area (Å²) < 4.78 is 54.5. The molecule has 0 bridgehead atoms. The minimum Gasteiger partial charge on any atom is -0.371 e. The summed E-state index contributed by atoms with van der Waals surface area (Å²) in [7, 11) is 0. The van der Waals surface area contributed by atoms with Gasteiger partial charge in [-0.1, -0.05) is 18.2 Å². The van der Waals surface area contributed by atoms with E-state index in [1.807, 2.05) is 12.1 Å². The molecule has 0 spiro atoms. The number of pyridine rings is 1. The highest BCUT2D eigenvalue weighted by Gasteiger charge is 2.30. The normalized spacial score (nSPS) is 17.7. The van der Waals surface area contributed by atoms with Gasteiger partial charge in [0.2, 0.25) is 11.6 Å². The first-order chi connectivity index (χ1) is 12.5. The fourth-order valence-corrected chi connectivity index (χ4v) is 4.00. The van der Waals surface area contributed by atoms with Crippen molar-refractivity contribution >= 4 is 11.4 Å². The van der Waals surface area contributed by atoms with Crippen molar-refractivity contribution in [2.45, 2.75) is 19.3 Å². The largest absolute Gasteiger partial charge is 0.371 e. The van der Waals surface area contributed by atoms with Gasteiger partial charge in [-0.25, -0.2) is 0 Å². The van der Waals surface area contributed by atoms with Crippen molar-refractivity contribution in [3.63, 3.8) is 0 Å². The second kappa shape index (κ2) is 6.78. The van der Waals surface area contributed by atoms with Crippen molar-refractivity contribution in [2.75, 3.05) is 36.0 Å². The third-order valence-corrected chi connectivity index (χ3v) is 5.37. The first-order valence-corrected chi connectivity index (χ1v) is 8.82. The average Bonchev–Trinajstić information content (AvgIpc) is 3.05. The molecule has 0 saturated carbocycles. The number of para-hydroxylation sites is 1. The lowest BCUT2D eigenvalue weighted by atomic mass is 9.95. The summed E-state index contributed by atoms with van der Waals surface area (Å²) in [5, 5.41) is 0. The molecule has 4 rings (SSSR count). The molecule has 1 fully saturated rings. The molecule has 1 aromatic heterocycles. The van der Waals surface area contributed by atoms with Gasteiger partial charge < -0.3 is 9.80 Å². The Morgan fingerprint density at radius 2 is 1.58 bits per heavy atom. The molecule has 26 heavy (non-hydrogen) atoms. The van der Waals surface area contributed by atoms with Crippen LogP contribution in [0.25, 0.3) is 0 Å². The van der Waals surface area contributed by atoms with Gasteiger partial charge in [0, 0.05) is 31.9 Å². The van der Waals surface area contributed by atoms with Gasteiger partial charge in [0.15, 0.2) is 0 Å². The maximum atomic E-state index is 13.9. The summed E-state index contributed by atoms with van der Waals surface area (Å²) in [4.78, 5) is 6.35. The van der Waals surface area contributed by atoms with E-state index >= 15 is 0 Å². The fourth-order valence-electron chi connectivity index (χ4n) is 4.00. The lowest BCUT2D eigenvalue weighted by Crippen LogP contribution is -2.39. The van der Waals surface area contributed by atoms with Gasteiger partial charge in [0.05, 0.1) is 0 Å². The number of aromatic nitrogens is 1. The van der Waals surface area contributed by atoms with Crippen LogP contribution < -0.4 is 9.80 Å². The average molecular weight is 365 g/mol. The molecule has 3 nitrogen and oxygen atoms in total. The molecule has 3 heterocycles. The Hall–Kier alpha value is -2.31. The van der Waals surface area contributed by atoms with E-state index < -0.39 is 29.2 Å². The van der Waals surface area contributed by atoms with Gasteiger partial charge >= 0.3 is 0 Å². The monoisotopic (exact) mass is 365 g/mol. The first-order valence-electron chi connectivity index (χ1n) is 8.82. The molecule has 0 atom stereocenters. The number of rotatable bonds is 3. The Balaban J connectivity index is 1.43. The zero-order valence-electron chi connectivity index (χ0n) is 14.2. The quantitative estimate of drug-likeness (QED) is 0.607. The highest BCUT2D eigenvalue weighted by molar-refractivity contribution is 5.57. The van der Waals surface area contributed by atoms with Crippen LogP contribution in [0.4, 0.5) is 28.9 Å². The van der Waals surface area contributed by atoms with Crippen molar-refractivity contribution in [3.05, 3.63) is 53.4 Å². The third-order valence-electron chi connectivity index (χ3n) is 5.37. The maximum Gasteiger partial charge on any atom is 0.253 e. The second-order valence-corrected chi connectivity index (χ2v) is 6.93. The zero-order valence-corrected chi connectivity index (χ0v) is 14.2. The van der Waals surface area contributed by atoms with Crippen LogP contribution in [0.3, 0.4) is 0 Å². The predicted octanol–water partition coefficient (Wildman–Crippen LogP) is 3.92. The highest BCUT2D eigenvalue weighted by Crippen LogP contribution is 2.33. The minimum atomic E-state index is -1.60. The summed E-state index contributed by atoms with van der Waals surface area (Å²) >= 11 is 0. The molecule has 2 aromatic rings. The van der Waals surface area contributed by atoms with Crippen LogP contribution in [0.1, 0.15) is 18.4 Å². The highest BCUT2D eigenvalue weighted by atomic mass is 19.2. The number of anilines is 2.